The Morgan fingerprint density at radius 2 is 2.10 bits per heavy atom. The number of hydrogen-bond acceptors (Lipinski definition) is 4. The van der Waals surface area contributed by atoms with Crippen LogP contribution < -0.4 is 5.32 Å². The van der Waals surface area contributed by atoms with E-state index in [1.807, 2.05) is 24.3 Å². The van der Waals surface area contributed by atoms with Gasteiger partial charge in [0.2, 0.25) is 5.91 Å². The van der Waals surface area contributed by atoms with Crippen LogP contribution in [0.3, 0.4) is 0 Å². The first-order valence-corrected chi connectivity index (χ1v) is 9.61. The number of hydrogen-bond donors (Lipinski definition) is 2. The third-order valence-electron chi connectivity index (χ3n) is 6.08. The van der Waals surface area contributed by atoms with E-state index in [1.54, 1.807) is 29.0 Å². The lowest BCUT2D eigenvalue weighted by atomic mass is 9.73. The molecule has 0 bridgehead atoms. The first kappa shape index (κ1) is 18.4. The summed E-state index contributed by atoms with van der Waals surface area (Å²) in [6.45, 7) is 0.303. The zero-order valence-electron chi connectivity index (χ0n) is 16.2. The average molecular weight is 406 g/mol. The molecule has 5 rings (SSSR count). The van der Waals surface area contributed by atoms with Crippen molar-refractivity contribution >= 4 is 17.5 Å². The van der Waals surface area contributed by atoms with Crippen LogP contribution >= 0.6 is 0 Å². The van der Waals surface area contributed by atoms with E-state index in [1.165, 1.54) is 6.07 Å². The first-order chi connectivity index (χ1) is 14.4. The Balaban J connectivity index is 1.66. The van der Waals surface area contributed by atoms with Gasteiger partial charge in [-0.3, -0.25) is 14.3 Å². The molecule has 1 spiro atoms. The molecule has 1 saturated heterocycles. The molecule has 2 N–H and O–H groups in total. The number of aromatic nitrogens is 2. The summed E-state index contributed by atoms with van der Waals surface area (Å²) in [5.41, 5.74) is 1.31. The van der Waals surface area contributed by atoms with Crippen molar-refractivity contribution in [1.29, 1.82) is 0 Å². The number of carbonyl (C=O) groups is 2. The quantitative estimate of drug-likeness (QED) is 0.685. The fraction of sp³-hybridized carbons (Fsp3) is 0.227. The van der Waals surface area contributed by atoms with Crippen LogP contribution in [-0.2, 0) is 17.3 Å². The lowest BCUT2D eigenvalue weighted by Gasteiger charge is -2.33. The molecule has 30 heavy (non-hydrogen) atoms. The van der Waals surface area contributed by atoms with E-state index in [9.17, 15) is 19.1 Å². The second-order valence-electron chi connectivity index (χ2n) is 7.73. The van der Waals surface area contributed by atoms with E-state index in [0.717, 1.165) is 28.9 Å². The van der Waals surface area contributed by atoms with Crippen LogP contribution in [0.1, 0.15) is 33.9 Å². The van der Waals surface area contributed by atoms with Gasteiger partial charge in [0.1, 0.15) is 17.0 Å². The van der Waals surface area contributed by atoms with Crippen LogP contribution in [0.25, 0.3) is 0 Å². The molecule has 7 nitrogen and oxygen atoms in total. The van der Waals surface area contributed by atoms with Crippen LogP contribution in [0.5, 0.6) is 5.75 Å². The molecule has 3 aromatic rings. The monoisotopic (exact) mass is 406 g/mol. The summed E-state index contributed by atoms with van der Waals surface area (Å²) in [6, 6.07) is 10.2. The molecule has 2 atom stereocenters. The molecular weight excluding hydrogens is 387 g/mol. The summed E-state index contributed by atoms with van der Waals surface area (Å²) in [6.07, 6.45) is 3.86. The highest BCUT2D eigenvalue weighted by Gasteiger charge is 2.59. The number of para-hydroxylation sites is 1. The number of carbonyl (C=O) groups excluding carboxylic acids is 2. The molecule has 2 unspecified atom stereocenters. The highest BCUT2D eigenvalue weighted by atomic mass is 19.1. The van der Waals surface area contributed by atoms with Crippen molar-refractivity contribution in [2.45, 2.75) is 17.9 Å². The topological polar surface area (TPSA) is 87.5 Å². The van der Waals surface area contributed by atoms with Crippen molar-refractivity contribution in [2.75, 3.05) is 11.9 Å². The van der Waals surface area contributed by atoms with Crippen molar-refractivity contribution in [2.24, 2.45) is 7.05 Å². The molecule has 152 valence electrons. The highest BCUT2D eigenvalue weighted by molar-refractivity contribution is 6.08. The molecule has 0 radical (unpaired) electrons. The normalized spacial score (nSPS) is 22.4. The summed E-state index contributed by atoms with van der Waals surface area (Å²) in [7, 11) is 1.77. The summed E-state index contributed by atoms with van der Waals surface area (Å²) in [4.78, 5) is 28.3. The average Bonchev–Trinajstić information content (AvgIpc) is 3.39. The maximum Gasteiger partial charge on any atom is 0.258 e. The van der Waals surface area contributed by atoms with Crippen molar-refractivity contribution in [3.8, 4) is 5.75 Å². The lowest BCUT2D eigenvalue weighted by Crippen LogP contribution is -2.42. The summed E-state index contributed by atoms with van der Waals surface area (Å²) >= 11 is 0. The molecule has 1 aromatic heterocycles. The standard InChI is InChI=1S/C22H19FN4O3/c1-26-12-13(11-24-26)19-22(16-4-2-3-5-17(16)25-21(22)30)8-9-27(19)20(29)15-7-6-14(23)10-18(15)28/h2-7,10-12,19,28H,8-9H2,1H3,(H,25,30). The first-order valence-electron chi connectivity index (χ1n) is 9.61. The van der Waals surface area contributed by atoms with Gasteiger partial charge in [0.25, 0.3) is 5.91 Å². The van der Waals surface area contributed by atoms with E-state index in [2.05, 4.69) is 10.4 Å². The Morgan fingerprint density at radius 1 is 1.30 bits per heavy atom. The number of nitrogens with one attached hydrogen (secondary N) is 1. The molecular formula is C22H19FN4O3. The number of aryl methyl sites for hydroxylation is 1. The molecule has 2 amide bonds. The van der Waals surface area contributed by atoms with Crippen molar-refractivity contribution < 1.29 is 19.1 Å². The van der Waals surface area contributed by atoms with Crippen LogP contribution in [0, 0.1) is 5.82 Å². The number of halogens is 1. The number of aromatic hydroxyl groups is 1. The molecule has 3 heterocycles. The molecule has 2 aliphatic heterocycles. The fourth-order valence-electron chi connectivity index (χ4n) is 4.79. The number of nitrogens with zero attached hydrogens (tertiary/aromatic N) is 3. The van der Waals surface area contributed by atoms with Gasteiger partial charge in [0, 0.05) is 37.1 Å². The Kier molecular flexibility index (Phi) is 3.92. The molecule has 2 aromatic carbocycles. The van der Waals surface area contributed by atoms with Gasteiger partial charge in [-0.1, -0.05) is 18.2 Å². The maximum absolute atomic E-state index is 13.4. The van der Waals surface area contributed by atoms with Gasteiger partial charge < -0.3 is 15.3 Å². The van der Waals surface area contributed by atoms with E-state index in [4.69, 9.17) is 0 Å². The second-order valence-corrected chi connectivity index (χ2v) is 7.73. The van der Waals surface area contributed by atoms with Gasteiger partial charge in [-0.25, -0.2) is 4.39 Å². The SMILES string of the molecule is Cn1cc(C2N(C(=O)c3ccc(F)cc3O)CCC23C(=O)Nc2ccccc23)cn1. The van der Waals surface area contributed by atoms with Gasteiger partial charge in [0.05, 0.1) is 17.8 Å². The van der Waals surface area contributed by atoms with E-state index >= 15 is 0 Å². The summed E-state index contributed by atoms with van der Waals surface area (Å²) in [5, 5.41) is 17.4. The largest absolute Gasteiger partial charge is 0.507 e. The van der Waals surface area contributed by atoms with E-state index in [-0.39, 0.29) is 11.5 Å². The highest BCUT2D eigenvalue weighted by Crippen LogP contribution is 2.55. The maximum atomic E-state index is 13.4. The van der Waals surface area contributed by atoms with Crippen LogP contribution in [-0.4, -0.2) is 38.1 Å². The minimum atomic E-state index is -0.967. The lowest BCUT2D eigenvalue weighted by molar-refractivity contribution is -0.121. The van der Waals surface area contributed by atoms with Gasteiger partial charge in [0.15, 0.2) is 0 Å². The zero-order chi connectivity index (χ0) is 21.0. The number of rotatable bonds is 2. The van der Waals surface area contributed by atoms with Crippen LogP contribution in [0.4, 0.5) is 10.1 Å². The number of likely N-dealkylation sites (tertiary alicyclic amines) is 1. The number of anilines is 1. The fourth-order valence-corrected chi connectivity index (χ4v) is 4.79. The third kappa shape index (κ3) is 2.46. The number of phenols is 1. The van der Waals surface area contributed by atoms with Crippen molar-refractivity contribution in [1.82, 2.24) is 14.7 Å². The summed E-state index contributed by atoms with van der Waals surface area (Å²) in [5.74, 6) is -1.69. The Hall–Kier alpha value is -3.68. The van der Waals surface area contributed by atoms with Crippen LogP contribution in [0.15, 0.2) is 54.9 Å². The zero-order valence-corrected chi connectivity index (χ0v) is 16.2. The van der Waals surface area contributed by atoms with Gasteiger partial charge in [-0.05, 0) is 30.2 Å². The summed E-state index contributed by atoms with van der Waals surface area (Å²) < 4.78 is 15.1. The minimum Gasteiger partial charge on any atom is -0.507 e. The molecule has 8 heteroatoms. The van der Waals surface area contributed by atoms with Crippen molar-refractivity contribution in [3.63, 3.8) is 0 Å². The third-order valence-corrected chi connectivity index (χ3v) is 6.08. The predicted octanol–water partition coefficient (Wildman–Crippen LogP) is 2.74. The van der Waals surface area contributed by atoms with Gasteiger partial charge in [-0.2, -0.15) is 5.10 Å². The van der Waals surface area contributed by atoms with Crippen molar-refractivity contribution in [3.05, 3.63) is 77.4 Å². The van der Waals surface area contributed by atoms with Crippen LogP contribution in [0.2, 0.25) is 0 Å². The second kappa shape index (κ2) is 6.41. The molecule has 2 aliphatic rings. The Morgan fingerprint density at radius 3 is 2.83 bits per heavy atom. The number of fused-ring (bicyclic) bond motifs is 2. The van der Waals surface area contributed by atoms with Gasteiger partial charge in [-0.15, -0.1) is 0 Å². The number of phenolic OH excluding ortho intramolecular Hbond substituents is 1. The number of benzene rings is 2. The Labute approximate surface area is 171 Å². The molecule has 0 aliphatic carbocycles. The number of amides is 2. The van der Waals surface area contributed by atoms with Gasteiger partial charge >= 0.3 is 0 Å². The van der Waals surface area contributed by atoms with E-state index in [0.29, 0.717) is 13.0 Å². The molecule has 1 fully saturated rings. The minimum absolute atomic E-state index is 0.00553. The predicted molar refractivity (Wildman–Crippen MR) is 106 cm³/mol. The smallest absolute Gasteiger partial charge is 0.258 e. The molecule has 0 saturated carbocycles. The Bertz CT molecular complexity index is 1190. The van der Waals surface area contributed by atoms with E-state index < -0.39 is 28.9 Å².